The van der Waals surface area contributed by atoms with Gasteiger partial charge in [-0.3, -0.25) is 0 Å². The van der Waals surface area contributed by atoms with Gasteiger partial charge in [-0.1, -0.05) is 49.6 Å². The van der Waals surface area contributed by atoms with E-state index in [9.17, 15) is 0 Å². The van der Waals surface area contributed by atoms with Gasteiger partial charge in [0.2, 0.25) is 0 Å². The van der Waals surface area contributed by atoms with E-state index < -0.39 is 0 Å². The average molecular weight is 287 g/mol. The standard InChI is InChI=1S/C19H29NO/c1-20-18(16-8-4-2-5-9-16)11-10-17-12-15-19(21-17)13-6-3-7-14-19/h2,4-5,8-9,17-18,20H,3,6-7,10-15H2,1H3. The topological polar surface area (TPSA) is 21.3 Å². The molecule has 21 heavy (non-hydrogen) atoms. The van der Waals surface area contributed by atoms with E-state index in [1.54, 1.807) is 0 Å². The van der Waals surface area contributed by atoms with E-state index in [0.717, 1.165) is 0 Å². The van der Waals surface area contributed by atoms with E-state index in [1.165, 1.54) is 63.4 Å². The minimum absolute atomic E-state index is 0.269. The summed E-state index contributed by atoms with van der Waals surface area (Å²) in [6.07, 6.45) is 12.2. The molecule has 2 atom stereocenters. The van der Waals surface area contributed by atoms with Gasteiger partial charge in [-0.05, 0) is 51.1 Å². The predicted octanol–water partition coefficient (Wildman–Crippen LogP) is 4.61. The maximum Gasteiger partial charge on any atom is 0.0687 e. The quantitative estimate of drug-likeness (QED) is 0.854. The summed E-state index contributed by atoms with van der Waals surface area (Å²) < 4.78 is 6.49. The molecule has 1 heterocycles. The second-order valence-electron chi connectivity index (χ2n) is 6.85. The van der Waals surface area contributed by atoms with Crippen molar-refractivity contribution in [2.45, 2.75) is 75.5 Å². The highest BCUT2D eigenvalue weighted by molar-refractivity contribution is 5.18. The zero-order chi connectivity index (χ0) is 14.5. The summed E-state index contributed by atoms with van der Waals surface area (Å²) in [6, 6.07) is 11.2. The van der Waals surface area contributed by atoms with Gasteiger partial charge in [0.1, 0.15) is 0 Å². The van der Waals surface area contributed by atoms with Crippen LogP contribution in [0, 0.1) is 0 Å². The molecular formula is C19H29NO. The van der Waals surface area contributed by atoms with Crippen LogP contribution in [0.3, 0.4) is 0 Å². The van der Waals surface area contributed by atoms with Gasteiger partial charge in [-0.15, -0.1) is 0 Å². The van der Waals surface area contributed by atoms with Gasteiger partial charge in [0.25, 0.3) is 0 Å². The third kappa shape index (κ3) is 3.67. The molecular weight excluding hydrogens is 258 g/mol. The Morgan fingerprint density at radius 2 is 1.90 bits per heavy atom. The summed E-state index contributed by atoms with van der Waals surface area (Å²) in [5.41, 5.74) is 1.66. The third-order valence-electron chi connectivity index (χ3n) is 5.43. The Morgan fingerprint density at radius 1 is 1.14 bits per heavy atom. The van der Waals surface area contributed by atoms with Crippen molar-refractivity contribution in [2.24, 2.45) is 0 Å². The number of ether oxygens (including phenoxy) is 1. The smallest absolute Gasteiger partial charge is 0.0687 e. The van der Waals surface area contributed by atoms with E-state index in [4.69, 9.17) is 4.74 Å². The SMILES string of the molecule is CNC(CCC1CCC2(CCCCC2)O1)c1ccccc1. The fourth-order valence-corrected chi connectivity index (χ4v) is 4.18. The number of rotatable bonds is 5. The van der Waals surface area contributed by atoms with Gasteiger partial charge in [-0.2, -0.15) is 0 Å². The van der Waals surface area contributed by atoms with Crippen molar-refractivity contribution >= 4 is 0 Å². The molecule has 1 saturated carbocycles. The Bertz CT molecular complexity index is 424. The molecule has 0 bridgehead atoms. The molecule has 1 N–H and O–H groups in total. The molecule has 1 aromatic carbocycles. The summed E-state index contributed by atoms with van der Waals surface area (Å²) >= 11 is 0. The lowest BCUT2D eigenvalue weighted by molar-refractivity contribution is -0.0665. The van der Waals surface area contributed by atoms with Crippen LogP contribution in [0.5, 0.6) is 0 Å². The number of hydrogen-bond acceptors (Lipinski definition) is 2. The predicted molar refractivity (Wildman–Crippen MR) is 87.4 cm³/mol. The summed E-state index contributed by atoms with van der Waals surface area (Å²) in [6.45, 7) is 0. The summed E-state index contributed by atoms with van der Waals surface area (Å²) in [7, 11) is 2.07. The molecule has 1 spiro atoms. The fourth-order valence-electron chi connectivity index (χ4n) is 4.18. The van der Waals surface area contributed by atoms with Gasteiger partial charge in [0.15, 0.2) is 0 Å². The van der Waals surface area contributed by atoms with Crippen LogP contribution in [0.25, 0.3) is 0 Å². The van der Waals surface area contributed by atoms with Crippen molar-refractivity contribution in [1.29, 1.82) is 0 Å². The van der Waals surface area contributed by atoms with Gasteiger partial charge in [0.05, 0.1) is 11.7 Å². The van der Waals surface area contributed by atoms with Gasteiger partial charge in [-0.25, -0.2) is 0 Å². The summed E-state index contributed by atoms with van der Waals surface area (Å²) in [5, 5.41) is 3.46. The van der Waals surface area contributed by atoms with E-state index >= 15 is 0 Å². The molecule has 0 aromatic heterocycles. The van der Waals surface area contributed by atoms with Crippen molar-refractivity contribution in [1.82, 2.24) is 5.32 Å². The minimum Gasteiger partial charge on any atom is -0.372 e. The van der Waals surface area contributed by atoms with Crippen LogP contribution in [0.2, 0.25) is 0 Å². The van der Waals surface area contributed by atoms with E-state index in [1.807, 2.05) is 0 Å². The Labute approximate surface area is 129 Å². The van der Waals surface area contributed by atoms with Crippen LogP contribution in [0.4, 0.5) is 0 Å². The minimum atomic E-state index is 0.269. The Hall–Kier alpha value is -0.860. The Balaban J connectivity index is 1.51. The zero-order valence-corrected chi connectivity index (χ0v) is 13.3. The van der Waals surface area contributed by atoms with Crippen LogP contribution in [0.1, 0.15) is 69.4 Å². The van der Waals surface area contributed by atoms with Crippen molar-refractivity contribution in [3.8, 4) is 0 Å². The molecule has 2 aliphatic rings. The first-order valence-corrected chi connectivity index (χ1v) is 8.71. The average Bonchev–Trinajstić information content (AvgIpc) is 2.92. The maximum atomic E-state index is 6.49. The van der Waals surface area contributed by atoms with Crippen LogP contribution in [0.15, 0.2) is 30.3 Å². The molecule has 2 fully saturated rings. The van der Waals surface area contributed by atoms with E-state index in [0.29, 0.717) is 12.1 Å². The number of hydrogen-bond donors (Lipinski definition) is 1. The fraction of sp³-hybridized carbons (Fsp3) is 0.684. The van der Waals surface area contributed by atoms with Crippen LogP contribution < -0.4 is 5.32 Å². The number of nitrogens with one attached hydrogen (secondary N) is 1. The first-order valence-electron chi connectivity index (χ1n) is 8.71. The molecule has 0 radical (unpaired) electrons. The zero-order valence-electron chi connectivity index (χ0n) is 13.3. The first-order chi connectivity index (χ1) is 10.3. The molecule has 1 saturated heterocycles. The molecule has 1 aliphatic heterocycles. The first kappa shape index (κ1) is 15.1. The molecule has 1 aromatic rings. The van der Waals surface area contributed by atoms with E-state index in [-0.39, 0.29) is 5.60 Å². The van der Waals surface area contributed by atoms with Crippen LogP contribution >= 0.6 is 0 Å². The van der Waals surface area contributed by atoms with Crippen molar-refractivity contribution in [2.75, 3.05) is 7.05 Å². The third-order valence-corrected chi connectivity index (χ3v) is 5.43. The molecule has 116 valence electrons. The maximum absolute atomic E-state index is 6.49. The van der Waals surface area contributed by atoms with Gasteiger partial charge >= 0.3 is 0 Å². The highest BCUT2D eigenvalue weighted by atomic mass is 16.5. The normalized spacial score (nSPS) is 26.0. The molecule has 1 aliphatic carbocycles. The molecule has 2 nitrogen and oxygen atoms in total. The van der Waals surface area contributed by atoms with Crippen molar-refractivity contribution in [3.63, 3.8) is 0 Å². The lowest BCUT2D eigenvalue weighted by atomic mass is 9.83. The summed E-state index contributed by atoms with van der Waals surface area (Å²) in [5.74, 6) is 0. The second kappa shape index (κ2) is 6.93. The van der Waals surface area contributed by atoms with Gasteiger partial charge in [0, 0.05) is 6.04 Å². The number of benzene rings is 1. The highest BCUT2D eigenvalue weighted by Crippen LogP contribution is 2.43. The molecule has 2 heteroatoms. The second-order valence-corrected chi connectivity index (χ2v) is 6.85. The highest BCUT2D eigenvalue weighted by Gasteiger charge is 2.40. The lowest BCUT2D eigenvalue weighted by Crippen LogP contribution is -2.31. The molecule has 0 amide bonds. The largest absolute Gasteiger partial charge is 0.372 e. The van der Waals surface area contributed by atoms with Gasteiger partial charge < -0.3 is 10.1 Å². The lowest BCUT2D eigenvalue weighted by Gasteiger charge is -2.33. The van der Waals surface area contributed by atoms with Crippen molar-refractivity contribution < 1.29 is 4.74 Å². The van der Waals surface area contributed by atoms with Crippen LogP contribution in [-0.2, 0) is 4.74 Å². The monoisotopic (exact) mass is 287 g/mol. The van der Waals surface area contributed by atoms with Crippen LogP contribution in [-0.4, -0.2) is 18.8 Å². The Morgan fingerprint density at radius 3 is 2.62 bits per heavy atom. The molecule has 2 unspecified atom stereocenters. The van der Waals surface area contributed by atoms with Crippen molar-refractivity contribution in [3.05, 3.63) is 35.9 Å². The Kier molecular flexibility index (Phi) is 4.97. The molecule has 3 rings (SSSR count). The van der Waals surface area contributed by atoms with E-state index in [2.05, 4.69) is 42.7 Å². The summed E-state index contributed by atoms with van der Waals surface area (Å²) in [4.78, 5) is 0.